The maximum Gasteiger partial charge on any atom is 0.308 e. The first-order chi connectivity index (χ1) is 14.4. The van der Waals surface area contributed by atoms with E-state index in [9.17, 15) is 9.59 Å². The number of esters is 1. The van der Waals surface area contributed by atoms with Gasteiger partial charge < -0.3 is 19.4 Å². The third-order valence-electron chi connectivity index (χ3n) is 4.80. The molecule has 0 fully saturated rings. The third kappa shape index (κ3) is 4.54. The molecule has 6 heteroatoms. The van der Waals surface area contributed by atoms with Gasteiger partial charge in [-0.05, 0) is 36.8 Å². The van der Waals surface area contributed by atoms with Gasteiger partial charge in [0.05, 0.1) is 11.3 Å². The number of aryl methyl sites for hydroxylation is 1. The van der Waals surface area contributed by atoms with E-state index >= 15 is 0 Å². The Hall–Kier alpha value is -3.54. The molecule has 0 atom stereocenters. The minimum atomic E-state index is -0.573. The van der Waals surface area contributed by atoms with Crippen molar-refractivity contribution in [2.24, 2.45) is 7.05 Å². The number of aromatic nitrogens is 1. The van der Waals surface area contributed by atoms with E-state index in [1.165, 1.54) is 11.5 Å². The number of benzene rings is 2. The lowest BCUT2D eigenvalue weighted by Gasteiger charge is -2.17. The summed E-state index contributed by atoms with van der Waals surface area (Å²) in [6, 6.07) is 15.7. The molecule has 1 N–H and O–H groups in total. The molecule has 6 nitrogen and oxygen atoms in total. The van der Waals surface area contributed by atoms with E-state index in [2.05, 4.69) is 5.32 Å². The molecule has 0 aliphatic rings. The highest BCUT2D eigenvalue weighted by Crippen LogP contribution is 2.35. The fraction of sp³-hybridized carbons (Fsp3) is 0.250. The summed E-state index contributed by atoms with van der Waals surface area (Å²) in [6.45, 7) is 5.74. The zero-order chi connectivity index (χ0) is 21.7. The number of nitrogens with one attached hydrogen (secondary N) is 1. The van der Waals surface area contributed by atoms with Crippen molar-refractivity contribution in [3.05, 3.63) is 76.3 Å². The summed E-state index contributed by atoms with van der Waals surface area (Å²) in [4.78, 5) is 24.6. The van der Waals surface area contributed by atoms with Crippen LogP contribution in [0.15, 0.2) is 65.2 Å². The van der Waals surface area contributed by atoms with Crippen LogP contribution in [0.1, 0.15) is 32.8 Å². The molecule has 0 aliphatic heterocycles. The maximum atomic E-state index is 13.0. The smallest absolute Gasteiger partial charge is 0.308 e. The molecule has 2 aromatic carbocycles. The Morgan fingerprint density at radius 2 is 1.83 bits per heavy atom. The number of ether oxygens (including phenoxy) is 2. The van der Waals surface area contributed by atoms with Crippen LogP contribution in [-0.2, 0) is 18.4 Å². The van der Waals surface area contributed by atoms with E-state index in [1.807, 2.05) is 68.5 Å². The van der Waals surface area contributed by atoms with Crippen molar-refractivity contribution in [2.45, 2.75) is 33.7 Å². The lowest BCUT2D eigenvalue weighted by atomic mass is 10.1. The van der Waals surface area contributed by atoms with Gasteiger partial charge in [-0.15, -0.1) is 0 Å². The Bertz CT molecular complexity index is 1150. The standard InChI is InChI=1S/C24H26N2O4/c1-5-19(6-2)30-22-20-13-12-18(25-15-17-10-8-7-9-11-17)14-21(20)26(4)24(28)23(22)29-16(3)27/h5,7-14,25H,6,15H2,1-4H3. The van der Waals surface area contributed by atoms with Gasteiger partial charge in [0, 0.05) is 38.0 Å². The summed E-state index contributed by atoms with van der Waals surface area (Å²) in [5.74, 6) is 0.267. The van der Waals surface area contributed by atoms with Crippen LogP contribution in [0.4, 0.5) is 5.69 Å². The largest absolute Gasteiger partial charge is 0.457 e. The molecule has 0 radical (unpaired) electrons. The molecule has 30 heavy (non-hydrogen) atoms. The fourth-order valence-electron chi connectivity index (χ4n) is 3.19. The van der Waals surface area contributed by atoms with Crippen LogP contribution in [0.3, 0.4) is 0 Å². The SMILES string of the molecule is CC=C(CC)Oc1c(OC(C)=O)c(=O)n(C)c2cc(NCc3ccccc3)ccc12. The molecule has 0 amide bonds. The second-order valence-corrected chi connectivity index (χ2v) is 6.90. The molecule has 1 aromatic heterocycles. The van der Waals surface area contributed by atoms with Crippen molar-refractivity contribution >= 4 is 22.6 Å². The Morgan fingerprint density at radius 3 is 2.47 bits per heavy atom. The summed E-state index contributed by atoms with van der Waals surface area (Å²) >= 11 is 0. The quantitative estimate of drug-likeness (QED) is 0.452. The maximum absolute atomic E-state index is 13.0. The number of hydrogen-bond acceptors (Lipinski definition) is 5. The second kappa shape index (κ2) is 9.31. The molecule has 0 spiro atoms. The third-order valence-corrected chi connectivity index (χ3v) is 4.80. The zero-order valence-electron chi connectivity index (χ0n) is 17.7. The van der Waals surface area contributed by atoms with Crippen molar-refractivity contribution in [1.82, 2.24) is 4.57 Å². The Balaban J connectivity index is 2.09. The van der Waals surface area contributed by atoms with Crippen LogP contribution in [0.25, 0.3) is 10.9 Å². The van der Waals surface area contributed by atoms with Gasteiger partial charge in [0.25, 0.3) is 5.56 Å². The molecule has 156 valence electrons. The number of fused-ring (bicyclic) bond motifs is 1. The number of pyridine rings is 1. The van der Waals surface area contributed by atoms with Gasteiger partial charge in [-0.3, -0.25) is 9.59 Å². The monoisotopic (exact) mass is 406 g/mol. The number of hydrogen-bond donors (Lipinski definition) is 1. The van der Waals surface area contributed by atoms with Gasteiger partial charge in [-0.1, -0.05) is 37.3 Å². The van der Waals surface area contributed by atoms with Crippen LogP contribution < -0.4 is 20.3 Å². The minimum absolute atomic E-state index is 0.102. The molecule has 1 heterocycles. The zero-order valence-corrected chi connectivity index (χ0v) is 17.7. The Labute approximate surface area is 175 Å². The normalized spacial score (nSPS) is 11.4. The predicted octanol–water partition coefficient (Wildman–Crippen LogP) is 4.77. The average molecular weight is 406 g/mol. The van der Waals surface area contributed by atoms with Crippen LogP contribution in [0.5, 0.6) is 11.5 Å². The number of carbonyl (C=O) groups excluding carboxylic acids is 1. The van der Waals surface area contributed by atoms with Gasteiger partial charge in [-0.25, -0.2) is 0 Å². The predicted molar refractivity (Wildman–Crippen MR) is 119 cm³/mol. The minimum Gasteiger partial charge on any atom is -0.457 e. The Morgan fingerprint density at radius 1 is 1.10 bits per heavy atom. The first-order valence-electron chi connectivity index (χ1n) is 9.90. The van der Waals surface area contributed by atoms with Crippen molar-refractivity contribution in [1.29, 1.82) is 0 Å². The lowest BCUT2D eigenvalue weighted by Crippen LogP contribution is -2.22. The van der Waals surface area contributed by atoms with Gasteiger partial charge >= 0.3 is 5.97 Å². The number of nitrogens with zero attached hydrogens (tertiary/aromatic N) is 1. The van der Waals surface area contributed by atoms with Gasteiger partial charge in [-0.2, -0.15) is 0 Å². The van der Waals surface area contributed by atoms with Crippen molar-refractivity contribution in [2.75, 3.05) is 5.32 Å². The number of rotatable bonds is 7. The van der Waals surface area contributed by atoms with Crippen molar-refractivity contribution in [3.63, 3.8) is 0 Å². The highest BCUT2D eigenvalue weighted by molar-refractivity contribution is 5.91. The molecular formula is C24H26N2O4. The Kier molecular flexibility index (Phi) is 6.57. The van der Waals surface area contributed by atoms with Crippen LogP contribution in [-0.4, -0.2) is 10.5 Å². The molecule has 0 bridgehead atoms. The highest BCUT2D eigenvalue weighted by Gasteiger charge is 2.21. The summed E-state index contributed by atoms with van der Waals surface area (Å²) in [5, 5.41) is 4.06. The molecule has 0 unspecified atom stereocenters. The van der Waals surface area contributed by atoms with Crippen molar-refractivity contribution in [3.8, 4) is 11.5 Å². The van der Waals surface area contributed by atoms with E-state index in [0.717, 1.165) is 11.3 Å². The summed E-state index contributed by atoms with van der Waals surface area (Å²) in [5.41, 5.74) is 2.27. The van der Waals surface area contributed by atoms with Crippen LogP contribution in [0.2, 0.25) is 0 Å². The van der Waals surface area contributed by atoms with Gasteiger partial charge in [0.1, 0.15) is 0 Å². The number of allylic oxidation sites excluding steroid dienone is 2. The summed E-state index contributed by atoms with van der Waals surface area (Å²) in [7, 11) is 1.65. The first-order valence-corrected chi connectivity index (χ1v) is 9.90. The summed E-state index contributed by atoms with van der Waals surface area (Å²) < 4.78 is 12.7. The second-order valence-electron chi connectivity index (χ2n) is 6.90. The number of anilines is 1. The summed E-state index contributed by atoms with van der Waals surface area (Å²) in [6.07, 6.45) is 2.47. The van der Waals surface area contributed by atoms with Crippen LogP contribution in [0, 0.1) is 0 Å². The van der Waals surface area contributed by atoms with Gasteiger partial charge in [0.2, 0.25) is 5.75 Å². The average Bonchev–Trinajstić information content (AvgIpc) is 2.76. The molecule has 3 aromatic rings. The lowest BCUT2D eigenvalue weighted by molar-refractivity contribution is -0.132. The molecule has 0 saturated heterocycles. The topological polar surface area (TPSA) is 69.6 Å². The molecular weight excluding hydrogens is 380 g/mol. The van der Waals surface area contributed by atoms with Crippen LogP contribution >= 0.6 is 0 Å². The van der Waals surface area contributed by atoms with Crippen molar-refractivity contribution < 1.29 is 14.3 Å². The van der Waals surface area contributed by atoms with Gasteiger partial charge in [0.15, 0.2) is 5.75 Å². The van der Waals surface area contributed by atoms with E-state index in [1.54, 1.807) is 7.05 Å². The van der Waals surface area contributed by atoms with E-state index in [-0.39, 0.29) is 11.5 Å². The van der Waals surface area contributed by atoms with E-state index in [0.29, 0.717) is 29.6 Å². The fourth-order valence-corrected chi connectivity index (χ4v) is 3.19. The van der Waals surface area contributed by atoms with E-state index < -0.39 is 11.5 Å². The molecule has 0 saturated carbocycles. The molecule has 3 rings (SSSR count). The molecule has 0 aliphatic carbocycles. The first kappa shape index (κ1) is 21.2. The number of carbonyl (C=O) groups is 1. The van der Waals surface area contributed by atoms with E-state index in [4.69, 9.17) is 9.47 Å². The highest BCUT2D eigenvalue weighted by atomic mass is 16.6.